The summed E-state index contributed by atoms with van der Waals surface area (Å²) in [5, 5.41) is 2.62. The molecule has 0 saturated carbocycles. The summed E-state index contributed by atoms with van der Waals surface area (Å²) >= 11 is 0. The number of para-hydroxylation sites is 2. The maximum Gasteiger partial charge on any atom is 0.264 e. The third kappa shape index (κ3) is 2.35. The number of hydrogen-bond acceptors (Lipinski definition) is 5. The number of ether oxygens (including phenoxy) is 2. The molecule has 0 saturated heterocycles. The average Bonchev–Trinajstić information content (AvgIpc) is 2.60. The van der Waals surface area contributed by atoms with E-state index in [1.165, 1.54) is 16.4 Å². The summed E-state index contributed by atoms with van der Waals surface area (Å²) in [6.45, 7) is 0.427. The summed E-state index contributed by atoms with van der Waals surface area (Å²) in [6.07, 6.45) is 0. The lowest BCUT2D eigenvalue weighted by molar-refractivity contribution is -0.118. The van der Waals surface area contributed by atoms with Gasteiger partial charge in [0.1, 0.15) is 18.1 Å². The van der Waals surface area contributed by atoms with E-state index in [0.717, 1.165) is 0 Å². The molecule has 0 radical (unpaired) electrons. The van der Waals surface area contributed by atoms with E-state index in [1.54, 1.807) is 30.3 Å². The van der Waals surface area contributed by atoms with Gasteiger partial charge in [0, 0.05) is 0 Å². The number of carbonyl (C=O) groups is 1. The van der Waals surface area contributed by atoms with Crippen LogP contribution in [0, 0.1) is 0 Å². The number of benzene rings is 2. The zero-order valence-corrected chi connectivity index (χ0v) is 13.4. The normalized spacial score (nSPS) is 16.3. The SMILES string of the molecule is O=C1COc2ccc(S(=O)(=O)N3CCOc4ccccc43)cc2N1. The Hall–Kier alpha value is -2.74. The molecule has 8 heteroatoms. The van der Waals surface area contributed by atoms with Gasteiger partial charge in [-0.25, -0.2) is 8.42 Å². The maximum atomic E-state index is 13.0. The van der Waals surface area contributed by atoms with Crippen molar-refractivity contribution in [1.29, 1.82) is 0 Å². The molecule has 0 unspecified atom stereocenters. The van der Waals surface area contributed by atoms with Crippen molar-refractivity contribution in [2.24, 2.45) is 0 Å². The standard InChI is InChI=1S/C16H14N2O5S/c19-16-10-23-14-6-5-11(9-12(14)17-16)24(20,21)18-7-8-22-15-4-2-1-3-13(15)18/h1-6,9H,7-8,10H2,(H,17,19). The number of anilines is 2. The topological polar surface area (TPSA) is 84.9 Å². The van der Waals surface area contributed by atoms with E-state index in [9.17, 15) is 13.2 Å². The van der Waals surface area contributed by atoms with E-state index in [-0.39, 0.29) is 30.6 Å². The molecule has 0 atom stereocenters. The van der Waals surface area contributed by atoms with Gasteiger partial charge < -0.3 is 14.8 Å². The molecule has 7 nitrogen and oxygen atoms in total. The average molecular weight is 346 g/mol. The highest BCUT2D eigenvalue weighted by atomic mass is 32.2. The van der Waals surface area contributed by atoms with Crippen molar-refractivity contribution in [2.45, 2.75) is 4.90 Å². The van der Waals surface area contributed by atoms with Crippen LogP contribution >= 0.6 is 0 Å². The highest BCUT2D eigenvalue weighted by Gasteiger charge is 2.31. The van der Waals surface area contributed by atoms with Crippen molar-refractivity contribution >= 4 is 27.3 Å². The molecule has 4 rings (SSSR count). The Balaban J connectivity index is 1.77. The minimum Gasteiger partial charge on any atom is -0.489 e. The fourth-order valence-corrected chi connectivity index (χ4v) is 4.23. The van der Waals surface area contributed by atoms with Crippen molar-refractivity contribution in [3.05, 3.63) is 42.5 Å². The molecule has 0 bridgehead atoms. The Morgan fingerprint density at radius 2 is 1.88 bits per heavy atom. The highest BCUT2D eigenvalue weighted by molar-refractivity contribution is 7.92. The molecule has 0 fully saturated rings. The molecule has 24 heavy (non-hydrogen) atoms. The number of nitrogens with one attached hydrogen (secondary N) is 1. The predicted octanol–water partition coefficient (Wildman–Crippen LogP) is 1.61. The van der Waals surface area contributed by atoms with Crippen molar-refractivity contribution in [2.75, 3.05) is 29.4 Å². The number of amides is 1. The third-order valence-electron chi connectivity index (χ3n) is 3.86. The van der Waals surface area contributed by atoms with Crippen LogP contribution in [0.3, 0.4) is 0 Å². The van der Waals surface area contributed by atoms with E-state index in [0.29, 0.717) is 22.9 Å². The first-order valence-corrected chi connectivity index (χ1v) is 8.81. The van der Waals surface area contributed by atoms with Gasteiger partial charge in [0.2, 0.25) is 0 Å². The molecule has 124 valence electrons. The van der Waals surface area contributed by atoms with Gasteiger partial charge in [0.25, 0.3) is 15.9 Å². The number of fused-ring (bicyclic) bond motifs is 2. The number of sulfonamides is 1. The predicted molar refractivity (Wildman–Crippen MR) is 87.0 cm³/mol. The second-order valence-corrected chi connectivity index (χ2v) is 7.25. The van der Waals surface area contributed by atoms with Gasteiger partial charge in [-0.15, -0.1) is 0 Å². The summed E-state index contributed by atoms with van der Waals surface area (Å²) in [4.78, 5) is 11.5. The van der Waals surface area contributed by atoms with Crippen LogP contribution in [-0.2, 0) is 14.8 Å². The van der Waals surface area contributed by atoms with E-state index in [1.807, 2.05) is 0 Å². The van der Waals surface area contributed by atoms with Crippen LogP contribution in [0.2, 0.25) is 0 Å². The molecular formula is C16H14N2O5S. The van der Waals surface area contributed by atoms with Gasteiger partial charge in [-0.1, -0.05) is 12.1 Å². The molecule has 2 aromatic rings. The number of rotatable bonds is 2. The van der Waals surface area contributed by atoms with Crippen LogP contribution in [0.5, 0.6) is 11.5 Å². The van der Waals surface area contributed by atoms with Crippen molar-refractivity contribution in [3.8, 4) is 11.5 Å². The summed E-state index contributed by atoms with van der Waals surface area (Å²) in [5.74, 6) is 0.673. The summed E-state index contributed by atoms with van der Waals surface area (Å²) in [5.41, 5.74) is 0.857. The zero-order chi connectivity index (χ0) is 16.7. The van der Waals surface area contributed by atoms with Crippen LogP contribution in [0.4, 0.5) is 11.4 Å². The first-order chi connectivity index (χ1) is 11.6. The molecule has 2 aliphatic rings. The second-order valence-electron chi connectivity index (χ2n) is 5.39. The Bertz CT molecular complexity index is 926. The highest BCUT2D eigenvalue weighted by Crippen LogP contribution is 2.37. The fraction of sp³-hybridized carbons (Fsp3) is 0.188. The summed E-state index contributed by atoms with van der Waals surface area (Å²) < 4.78 is 38.2. The van der Waals surface area contributed by atoms with E-state index in [4.69, 9.17) is 9.47 Å². The second kappa shape index (κ2) is 5.41. The number of carbonyl (C=O) groups excluding carboxylic acids is 1. The third-order valence-corrected chi connectivity index (χ3v) is 5.67. The molecule has 2 aliphatic heterocycles. The summed E-state index contributed by atoms with van der Waals surface area (Å²) in [6, 6.07) is 11.4. The molecular weight excluding hydrogens is 332 g/mol. The fourth-order valence-electron chi connectivity index (χ4n) is 2.74. The molecule has 0 aliphatic carbocycles. The van der Waals surface area contributed by atoms with Crippen molar-refractivity contribution in [1.82, 2.24) is 0 Å². The van der Waals surface area contributed by atoms with E-state index >= 15 is 0 Å². The van der Waals surface area contributed by atoms with Gasteiger partial charge in [0.05, 0.1) is 22.8 Å². The molecule has 2 heterocycles. The van der Waals surface area contributed by atoms with Crippen LogP contribution < -0.4 is 19.1 Å². The largest absolute Gasteiger partial charge is 0.489 e. The molecule has 0 spiro atoms. The molecule has 1 amide bonds. The van der Waals surface area contributed by atoms with E-state index < -0.39 is 10.0 Å². The Kier molecular flexibility index (Phi) is 3.34. The lowest BCUT2D eigenvalue weighted by Crippen LogP contribution is -2.38. The first kappa shape index (κ1) is 14.8. The van der Waals surface area contributed by atoms with Gasteiger partial charge in [-0.3, -0.25) is 9.10 Å². The number of nitrogens with zero attached hydrogens (tertiary/aromatic N) is 1. The van der Waals surface area contributed by atoms with Crippen molar-refractivity contribution < 1.29 is 22.7 Å². The van der Waals surface area contributed by atoms with Gasteiger partial charge in [-0.2, -0.15) is 0 Å². The molecule has 2 aromatic carbocycles. The van der Waals surface area contributed by atoms with Crippen molar-refractivity contribution in [3.63, 3.8) is 0 Å². The Labute approximate surface area is 138 Å². The van der Waals surface area contributed by atoms with E-state index in [2.05, 4.69) is 5.32 Å². The number of hydrogen-bond donors (Lipinski definition) is 1. The maximum absolute atomic E-state index is 13.0. The van der Waals surface area contributed by atoms with Crippen LogP contribution in [-0.4, -0.2) is 34.1 Å². The monoisotopic (exact) mass is 346 g/mol. The lowest BCUT2D eigenvalue weighted by atomic mass is 10.2. The smallest absolute Gasteiger partial charge is 0.264 e. The van der Waals surface area contributed by atoms with Crippen LogP contribution in [0.1, 0.15) is 0 Å². The minimum atomic E-state index is -3.78. The molecule has 0 aromatic heterocycles. The van der Waals surface area contributed by atoms with Crippen LogP contribution in [0.25, 0.3) is 0 Å². The Morgan fingerprint density at radius 3 is 2.75 bits per heavy atom. The first-order valence-electron chi connectivity index (χ1n) is 7.37. The van der Waals surface area contributed by atoms with Gasteiger partial charge in [0.15, 0.2) is 6.61 Å². The zero-order valence-electron chi connectivity index (χ0n) is 12.6. The molecule has 1 N–H and O–H groups in total. The quantitative estimate of drug-likeness (QED) is 0.893. The minimum absolute atomic E-state index is 0.0735. The van der Waals surface area contributed by atoms with Gasteiger partial charge >= 0.3 is 0 Å². The lowest BCUT2D eigenvalue weighted by Gasteiger charge is -2.30. The van der Waals surface area contributed by atoms with Crippen LogP contribution in [0.15, 0.2) is 47.4 Å². The Morgan fingerprint density at radius 1 is 1.04 bits per heavy atom. The van der Waals surface area contributed by atoms with Gasteiger partial charge in [-0.05, 0) is 30.3 Å². The summed E-state index contributed by atoms with van der Waals surface area (Å²) in [7, 11) is -3.78.